The summed E-state index contributed by atoms with van der Waals surface area (Å²) in [7, 11) is 5.65. The first kappa shape index (κ1) is 32.1. The molecule has 0 unspecified atom stereocenters. The molecule has 0 aliphatic heterocycles. The third-order valence-corrected chi connectivity index (χ3v) is 7.39. The van der Waals surface area contributed by atoms with Gasteiger partial charge in [0.05, 0.1) is 37.4 Å². The molecule has 0 saturated carbocycles. The number of nitro groups is 1. The molecule has 0 atom stereocenters. The lowest BCUT2D eigenvalue weighted by atomic mass is 10.2. The average Bonchev–Trinajstić information content (AvgIpc) is 3.21. The zero-order chi connectivity index (χ0) is 29.0. The van der Waals surface area contributed by atoms with Crippen molar-refractivity contribution in [2.75, 3.05) is 31.3 Å². The lowest BCUT2D eigenvalue weighted by Gasteiger charge is -2.28. The first-order valence-electron chi connectivity index (χ1n) is 12.3. The Hall–Kier alpha value is -3.46. The Bertz CT molecular complexity index is 1630. The minimum absolute atomic E-state index is 0. The number of rotatable bonds is 10. The molecule has 2 N–H and O–H groups in total. The summed E-state index contributed by atoms with van der Waals surface area (Å²) in [5.41, 5.74) is 1.92. The lowest BCUT2D eigenvalue weighted by Crippen LogP contribution is -3.00. The number of imidazole rings is 1. The average molecular weight is 710 g/mol. The molecule has 41 heavy (non-hydrogen) atoms. The fraction of sp³-hybridized carbons (Fsp3) is 0.269. The van der Waals surface area contributed by atoms with Crippen LogP contribution in [0, 0.1) is 10.1 Å². The lowest BCUT2D eigenvalue weighted by molar-refractivity contribution is -0.898. The minimum Gasteiger partial charge on any atom is -1.00 e. The molecular formula is C26H28Br2ClN9O3. The van der Waals surface area contributed by atoms with Crippen molar-refractivity contribution in [2.24, 2.45) is 7.05 Å². The van der Waals surface area contributed by atoms with Gasteiger partial charge in [-0.2, -0.15) is 0 Å². The third-order valence-electron chi connectivity index (χ3n) is 6.18. The molecule has 4 aromatic rings. The van der Waals surface area contributed by atoms with E-state index in [2.05, 4.69) is 46.5 Å². The van der Waals surface area contributed by atoms with Crippen molar-refractivity contribution in [3.8, 4) is 0 Å². The predicted molar refractivity (Wildman–Crippen MR) is 157 cm³/mol. The number of amides is 1. The first-order chi connectivity index (χ1) is 19.0. The number of quaternary nitrogens is 1. The fourth-order valence-electron chi connectivity index (χ4n) is 4.13. The summed E-state index contributed by atoms with van der Waals surface area (Å²) in [5.74, 6) is 1.05. The highest BCUT2D eigenvalue weighted by atomic mass is 79.9. The molecular weight excluding hydrogens is 682 g/mol. The van der Waals surface area contributed by atoms with Crippen LogP contribution in [0.25, 0.3) is 10.9 Å². The number of nitrogens with zero attached hydrogens (tertiary/aromatic N) is 7. The van der Waals surface area contributed by atoms with E-state index in [0.717, 1.165) is 10.2 Å². The van der Waals surface area contributed by atoms with Crippen molar-refractivity contribution < 1.29 is 31.2 Å². The molecule has 3 aromatic heterocycles. The molecule has 1 amide bonds. The number of fused-ring (bicyclic) bond motifs is 1. The van der Waals surface area contributed by atoms with Crippen LogP contribution in [-0.4, -0.2) is 60.5 Å². The van der Waals surface area contributed by atoms with Crippen molar-refractivity contribution in [1.82, 2.24) is 24.5 Å². The zero-order valence-electron chi connectivity index (χ0n) is 22.7. The van der Waals surface area contributed by atoms with Crippen LogP contribution in [0.1, 0.15) is 18.4 Å². The number of aromatic nitrogens is 5. The Balaban J connectivity index is 0.00000462. The Morgan fingerprint density at radius 1 is 1.24 bits per heavy atom. The molecule has 0 aliphatic rings. The van der Waals surface area contributed by atoms with Crippen LogP contribution < -0.4 is 27.6 Å². The summed E-state index contributed by atoms with van der Waals surface area (Å²) >= 11 is 9.50. The maximum Gasteiger partial charge on any atom is 0.391 e. The van der Waals surface area contributed by atoms with E-state index >= 15 is 0 Å². The number of benzene rings is 1. The van der Waals surface area contributed by atoms with Gasteiger partial charge in [-0.25, -0.2) is 15.0 Å². The number of pyridine rings is 1. The standard InChI is InChI=1S/C26H27BrClN9O3.BrH/c1-5-23-34-26(36(39)40)21(35(23)2)14-37(3,4)10-6-7-24(38)33-22-12-17-20(13-29-22)30-15-31-25(17)32-16-8-9-19(28)18(27)11-16;/h6-9,11-13,15H,5,10,14H2,1-4H3,(H-,29,30,31,32,33,38);1H/b7-6+;. The van der Waals surface area contributed by atoms with Crippen molar-refractivity contribution in [1.29, 1.82) is 0 Å². The molecule has 216 valence electrons. The smallest absolute Gasteiger partial charge is 0.391 e. The number of anilines is 3. The van der Waals surface area contributed by atoms with E-state index in [1.165, 1.54) is 12.4 Å². The highest BCUT2D eigenvalue weighted by Gasteiger charge is 2.30. The van der Waals surface area contributed by atoms with Crippen LogP contribution in [0.2, 0.25) is 5.02 Å². The molecule has 4 rings (SSSR count). The minimum atomic E-state index is -0.450. The number of carbonyl (C=O) groups is 1. The highest BCUT2D eigenvalue weighted by Crippen LogP contribution is 2.29. The quantitative estimate of drug-likeness (QED) is 0.111. The third kappa shape index (κ3) is 7.85. The SMILES string of the molecule is CCc1nc([N+](=O)[O-])c(C[N+](C)(C)C/C=C/C(=O)Nc2cc3c(Nc4ccc(Cl)c(Br)c4)ncnc3cn2)n1C.[Br-]. The molecule has 3 heterocycles. The van der Waals surface area contributed by atoms with Gasteiger partial charge in [0.1, 0.15) is 24.5 Å². The van der Waals surface area contributed by atoms with Crippen LogP contribution in [0.3, 0.4) is 0 Å². The first-order valence-corrected chi connectivity index (χ1v) is 13.5. The molecule has 15 heteroatoms. The van der Waals surface area contributed by atoms with Crippen LogP contribution in [0.4, 0.5) is 23.1 Å². The normalized spacial score (nSPS) is 11.5. The van der Waals surface area contributed by atoms with Gasteiger partial charge in [-0.1, -0.05) is 18.5 Å². The number of aryl methyl sites for hydroxylation is 1. The second-order valence-corrected chi connectivity index (χ2v) is 11.0. The van der Waals surface area contributed by atoms with E-state index in [1.54, 1.807) is 36.0 Å². The maximum absolute atomic E-state index is 12.7. The Kier molecular flexibility index (Phi) is 10.5. The number of carbonyl (C=O) groups excluding carboxylic acids is 1. The molecule has 0 fully saturated rings. The fourth-order valence-corrected chi connectivity index (χ4v) is 4.62. The van der Waals surface area contributed by atoms with Gasteiger partial charge < -0.3 is 46.8 Å². The number of nitrogens with one attached hydrogen (secondary N) is 2. The summed E-state index contributed by atoms with van der Waals surface area (Å²) in [6, 6.07) is 7.11. The second-order valence-electron chi connectivity index (χ2n) is 9.70. The maximum atomic E-state index is 12.7. The van der Waals surface area contributed by atoms with Crippen LogP contribution in [0.5, 0.6) is 0 Å². The molecule has 0 spiro atoms. The van der Waals surface area contributed by atoms with E-state index in [9.17, 15) is 14.9 Å². The topological polar surface area (TPSA) is 141 Å². The summed E-state index contributed by atoms with van der Waals surface area (Å²) in [6.45, 7) is 2.74. The predicted octanol–water partition coefficient (Wildman–Crippen LogP) is 2.16. The van der Waals surface area contributed by atoms with Gasteiger partial charge in [0, 0.05) is 35.1 Å². The van der Waals surface area contributed by atoms with E-state index < -0.39 is 4.92 Å². The summed E-state index contributed by atoms with van der Waals surface area (Å²) in [6.07, 6.45) is 6.74. The molecule has 0 bridgehead atoms. The monoisotopic (exact) mass is 707 g/mol. The molecule has 1 aromatic carbocycles. The highest BCUT2D eigenvalue weighted by molar-refractivity contribution is 9.10. The van der Waals surface area contributed by atoms with E-state index in [1.807, 2.05) is 33.2 Å². The van der Waals surface area contributed by atoms with Crippen LogP contribution >= 0.6 is 27.5 Å². The number of halogens is 3. The van der Waals surface area contributed by atoms with E-state index in [4.69, 9.17) is 11.6 Å². The van der Waals surface area contributed by atoms with Gasteiger partial charge in [0.25, 0.3) is 0 Å². The van der Waals surface area contributed by atoms with Crippen LogP contribution in [-0.2, 0) is 24.8 Å². The van der Waals surface area contributed by atoms with Gasteiger partial charge >= 0.3 is 5.82 Å². The Morgan fingerprint density at radius 2 is 2.00 bits per heavy atom. The molecule has 0 radical (unpaired) electrons. The number of likely N-dealkylation sites (N-methyl/N-ethyl adjacent to an activating group) is 1. The summed E-state index contributed by atoms with van der Waals surface area (Å²) in [4.78, 5) is 40.8. The Labute approximate surface area is 260 Å². The Morgan fingerprint density at radius 3 is 2.68 bits per heavy atom. The molecule has 0 aliphatic carbocycles. The summed E-state index contributed by atoms with van der Waals surface area (Å²) < 4.78 is 2.90. The largest absolute Gasteiger partial charge is 1.00 e. The molecule has 0 saturated heterocycles. The number of hydrogen-bond acceptors (Lipinski definition) is 8. The van der Waals surface area contributed by atoms with Crippen molar-refractivity contribution >= 4 is 67.5 Å². The van der Waals surface area contributed by atoms with Gasteiger partial charge in [-0.15, -0.1) is 0 Å². The van der Waals surface area contributed by atoms with Crippen molar-refractivity contribution in [3.05, 3.63) is 80.1 Å². The van der Waals surface area contributed by atoms with Gasteiger partial charge in [0.2, 0.25) is 11.7 Å². The zero-order valence-corrected chi connectivity index (χ0v) is 26.7. The van der Waals surface area contributed by atoms with E-state index in [0.29, 0.717) is 63.1 Å². The van der Waals surface area contributed by atoms with Crippen LogP contribution in [0.15, 0.2) is 53.4 Å². The number of hydrogen-bond donors (Lipinski definition) is 2. The van der Waals surface area contributed by atoms with Crippen molar-refractivity contribution in [3.63, 3.8) is 0 Å². The molecule has 12 nitrogen and oxygen atoms in total. The van der Waals surface area contributed by atoms with Gasteiger partial charge in [-0.05, 0) is 56.2 Å². The van der Waals surface area contributed by atoms with E-state index in [-0.39, 0.29) is 28.7 Å². The van der Waals surface area contributed by atoms with Gasteiger partial charge in [0.15, 0.2) is 5.69 Å². The second kappa shape index (κ2) is 13.5. The van der Waals surface area contributed by atoms with Crippen molar-refractivity contribution in [2.45, 2.75) is 19.9 Å². The van der Waals surface area contributed by atoms with Gasteiger partial charge in [-0.3, -0.25) is 4.79 Å². The summed E-state index contributed by atoms with van der Waals surface area (Å²) in [5, 5.41) is 18.8.